The molecule has 0 saturated carbocycles. The summed E-state index contributed by atoms with van der Waals surface area (Å²) in [7, 11) is 1.34. The molecule has 0 amide bonds. The molecule has 0 radical (unpaired) electrons. The van der Waals surface area contributed by atoms with Crippen LogP contribution < -0.4 is 4.74 Å². The zero-order valence-electron chi connectivity index (χ0n) is 10.6. The van der Waals surface area contributed by atoms with Gasteiger partial charge in [0.15, 0.2) is 0 Å². The van der Waals surface area contributed by atoms with Gasteiger partial charge in [-0.05, 0) is 12.5 Å². The first kappa shape index (κ1) is 14.7. The van der Waals surface area contributed by atoms with Crippen LogP contribution in [0.1, 0.15) is 12.8 Å². The Morgan fingerprint density at radius 1 is 1.42 bits per heavy atom. The lowest BCUT2D eigenvalue weighted by molar-refractivity contribution is -0.384. The third-order valence-corrected chi connectivity index (χ3v) is 2.28. The normalized spacial score (nSPS) is 10.4. The molecule has 0 saturated heterocycles. The summed E-state index contributed by atoms with van der Waals surface area (Å²) in [5.74, 6) is 0.177. The minimum Gasteiger partial charge on any atom is -0.489 e. The van der Waals surface area contributed by atoms with Crippen LogP contribution in [0.5, 0.6) is 5.75 Å². The van der Waals surface area contributed by atoms with Gasteiger partial charge in [0.05, 0.1) is 18.1 Å². The van der Waals surface area contributed by atoms with Crippen LogP contribution in [0.15, 0.2) is 36.4 Å². The summed E-state index contributed by atoms with van der Waals surface area (Å²) in [5, 5.41) is 10.6. The minimum atomic E-state index is -0.473. The molecule has 0 spiro atoms. The van der Waals surface area contributed by atoms with Crippen LogP contribution in [0.3, 0.4) is 0 Å². The number of hydrogen-bond acceptors (Lipinski definition) is 5. The molecular weight excluding hydrogens is 250 g/mol. The molecule has 102 valence electrons. The Labute approximate surface area is 110 Å². The van der Waals surface area contributed by atoms with E-state index >= 15 is 0 Å². The fourth-order valence-corrected chi connectivity index (χ4v) is 1.32. The summed E-state index contributed by atoms with van der Waals surface area (Å²) in [6.45, 7) is 0.294. The number of carbonyl (C=O) groups excluding carboxylic acids is 1. The number of ether oxygens (including phenoxy) is 2. The van der Waals surface area contributed by atoms with Crippen molar-refractivity contribution in [2.24, 2.45) is 0 Å². The summed E-state index contributed by atoms with van der Waals surface area (Å²) in [6.07, 6.45) is 4.45. The van der Waals surface area contributed by atoms with Gasteiger partial charge in [0.2, 0.25) is 0 Å². The molecule has 0 aliphatic carbocycles. The highest BCUT2D eigenvalue weighted by Crippen LogP contribution is 2.18. The van der Waals surface area contributed by atoms with Crippen molar-refractivity contribution in [3.05, 3.63) is 46.5 Å². The number of methoxy groups -OCH3 is 1. The predicted octanol–water partition coefficient (Wildman–Crippen LogP) is 2.48. The van der Waals surface area contributed by atoms with E-state index in [1.54, 1.807) is 24.3 Å². The highest BCUT2D eigenvalue weighted by atomic mass is 16.6. The van der Waals surface area contributed by atoms with Crippen molar-refractivity contribution < 1.29 is 19.2 Å². The van der Waals surface area contributed by atoms with Crippen LogP contribution in [0, 0.1) is 10.1 Å². The first-order chi connectivity index (χ1) is 9.13. The highest BCUT2D eigenvalue weighted by molar-refractivity contribution is 5.69. The number of rotatable bonds is 7. The molecular formula is C13H15NO5. The van der Waals surface area contributed by atoms with Gasteiger partial charge in [0, 0.05) is 12.5 Å². The van der Waals surface area contributed by atoms with E-state index in [1.165, 1.54) is 19.2 Å². The van der Waals surface area contributed by atoms with Gasteiger partial charge < -0.3 is 9.47 Å². The lowest BCUT2D eigenvalue weighted by Gasteiger charge is -2.02. The monoisotopic (exact) mass is 265 g/mol. The lowest BCUT2D eigenvalue weighted by atomic mass is 10.3. The second-order valence-electron chi connectivity index (χ2n) is 3.65. The molecule has 1 aromatic carbocycles. The molecule has 19 heavy (non-hydrogen) atoms. The predicted molar refractivity (Wildman–Crippen MR) is 69.0 cm³/mol. The van der Waals surface area contributed by atoms with Crippen molar-refractivity contribution in [2.45, 2.75) is 12.8 Å². The fourth-order valence-electron chi connectivity index (χ4n) is 1.32. The molecule has 0 heterocycles. The first-order valence-corrected chi connectivity index (χ1v) is 5.72. The van der Waals surface area contributed by atoms with Gasteiger partial charge in [-0.15, -0.1) is 0 Å². The maximum Gasteiger partial charge on any atom is 0.305 e. The number of benzene rings is 1. The molecule has 0 aromatic heterocycles. The number of esters is 1. The van der Waals surface area contributed by atoms with Crippen LogP contribution in [-0.4, -0.2) is 24.6 Å². The quantitative estimate of drug-likeness (QED) is 0.327. The van der Waals surface area contributed by atoms with Crippen LogP contribution in [0.25, 0.3) is 0 Å². The molecule has 1 rings (SSSR count). The van der Waals surface area contributed by atoms with Gasteiger partial charge in [0.25, 0.3) is 5.69 Å². The highest BCUT2D eigenvalue weighted by Gasteiger charge is 2.05. The largest absolute Gasteiger partial charge is 0.489 e. The van der Waals surface area contributed by atoms with Crippen LogP contribution >= 0.6 is 0 Å². The van der Waals surface area contributed by atoms with Crippen molar-refractivity contribution >= 4 is 11.7 Å². The smallest absolute Gasteiger partial charge is 0.305 e. The Morgan fingerprint density at radius 2 is 2.21 bits per heavy atom. The summed E-state index contributed by atoms with van der Waals surface area (Å²) in [5.41, 5.74) is -0.00725. The molecule has 0 fully saturated rings. The Balaban J connectivity index is 2.33. The molecule has 6 heteroatoms. The molecule has 0 aliphatic rings. The van der Waals surface area contributed by atoms with Gasteiger partial charge in [0.1, 0.15) is 12.4 Å². The number of carbonyl (C=O) groups is 1. The third-order valence-electron chi connectivity index (χ3n) is 2.28. The molecule has 0 N–H and O–H groups in total. The van der Waals surface area contributed by atoms with Gasteiger partial charge in [-0.2, -0.15) is 0 Å². The van der Waals surface area contributed by atoms with E-state index in [0.717, 1.165) is 0 Å². The molecule has 6 nitrogen and oxygen atoms in total. The molecule has 0 aliphatic heterocycles. The van der Waals surface area contributed by atoms with E-state index in [1.807, 2.05) is 0 Å². The molecule has 0 bridgehead atoms. The fraction of sp³-hybridized carbons (Fsp3) is 0.308. The summed E-state index contributed by atoms with van der Waals surface area (Å²) in [4.78, 5) is 20.9. The van der Waals surface area contributed by atoms with Gasteiger partial charge in [-0.3, -0.25) is 14.9 Å². The summed E-state index contributed by atoms with van der Waals surface area (Å²) in [6, 6.07) is 5.98. The topological polar surface area (TPSA) is 78.7 Å². The van der Waals surface area contributed by atoms with Gasteiger partial charge in [-0.1, -0.05) is 18.2 Å². The van der Waals surface area contributed by atoms with Crippen LogP contribution in [0.2, 0.25) is 0 Å². The zero-order chi connectivity index (χ0) is 14.1. The summed E-state index contributed by atoms with van der Waals surface area (Å²) < 4.78 is 9.82. The number of hydrogen-bond donors (Lipinski definition) is 0. The number of non-ortho nitro benzene ring substituents is 1. The molecule has 1 aromatic rings. The van der Waals surface area contributed by atoms with E-state index in [9.17, 15) is 14.9 Å². The number of nitro groups is 1. The number of allylic oxidation sites excluding steroid dienone is 1. The second kappa shape index (κ2) is 7.86. The van der Waals surface area contributed by atoms with Crippen molar-refractivity contribution in [3.63, 3.8) is 0 Å². The Kier molecular flexibility index (Phi) is 6.08. The standard InChI is InChI=1S/C13H15NO5/c1-18-13(15)8-3-2-4-9-19-12-7-5-6-11(10-12)14(16)17/h2,4-7,10H,3,8-9H2,1H3. The van der Waals surface area contributed by atoms with E-state index in [0.29, 0.717) is 25.2 Å². The number of nitro benzene ring substituents is 1. The average Bonchev–Trinajstić information content (AvgIpc) is 2.42. The minimum absolute atomic E-state index is 0.00725. The maximum atomic E-state index is 10.8. The van der Waals surface area contributed by atoms with E-state index in [-0.39, 0.29) is 11.7 Å². The van der Waals surface area contributed by atoms with E-state index < -0.39 is 4.92 Å². The molecule has 0 unspecified atom stereocenters. The van der Waals surface area contributed by atoms with Gasteiger partial charge in [-0.25, -0.2) is 0 Å². The Hall–Kier alpha value is -2.37. The maximum absolute atomic E-state index is 10.8. The Morgan fingerprint density at radius 3 is 2.89 bits per heavy atom. The Bertz CT molecular complexity index is 470. The van der Waals surface area contributed by atoms with Crippen molar-refractivity contribution in [3.8, 4) is 5.75 Å². The lowest BCUT2D eigenvalue weighted by Crippen LogP contribution is -1.98. The third kappa shape index (κ3) is 5.67. The first-order valence-electron chi connectivity index (χ1n) is 5.72. The van der Waals surface area contributed by atoms with Crippen molar-refractivity contribution in [1.82, 2.24) is 0 Å². The zero-order valence-corrected chi connectivity index (χ0v) is 10.6. The van der Waals surface area contributed by atoms with Crippen molar-refractivity contribution in [2.75, 3.05) is 13.7 Å². The van der Waals surface area contributed by atoms with Crippen LogP contribution in [0.4, 0.5) is 5.69 Å². The number of nitrogens with zero attached hydrogens (tertiary/aromatic N) is 1. The van der Waals surface area contributed by atoms with Crippen molar-refractivity contribution in [1.29, 1.82) is 0 Å². The molecule has 0 atom stereocenters. The van der Waals surface area contributed by atoms with Crippen LogP contribution in [-0.2, 0) is 9.53 Å². The average molecular weight is 265 g/mol. The second-order valence-corrected chi connectivity index (χ2v) is 3.65. The van der Waals surface area contributed by atoms with E-state index in [2.05, 4.69) is 4.74 Å². The van der Waals surface area contributed by atoms with Gasteiger partial charge >= 0.3 is 5.97 Å². The SMILES string of the molecule is COC(=O)CCC=CCOc1cccc([N+](=O)[O-])c1. The summed E-state index contributed by atoms with van der Waals surface area (Å²) >= 11 is 0. The van der Waals surface area contributed by atoms with E-state index in [4.69, 9.17) is 4.74 Å².